The van der Waals surface area contributed by atoms with E-state index in [1.54, 1.807) is 0 Å². The smallest absolute Gasteiger partial charge is 0.302 e. The molecule has 0 aliphatic rings. The minimum atomic E-state index is -0.231. The average Bonchev–Trinajstić information content (AvgIpc) is 2.19. The van der Waals surface area contributed by atoms with Gasteiger partial charge in [-0.3, -0.25) is 4.79 Å². The van der Waals surface area contributed by atoms with Gasteiger partial charge in [0, 0.05) is 20.0 Å². The minimum absolute atomic E-state index is 0.0819. The van der Waals surface area contributed by atoms with Gasteiger partial charge in [-0.15, -0.1) is 0 Å². The van der Waals surface area contributed by atoms with Crippen LogP contribution < -0.4 is 5.32 Å². The molecule has 1 N–H and O–H groups in total. The third-order valence-electron chi connectivity index (χ3n) is 2.38. The first-order chi connectivity index (χ1) is 7.59. The van der Waals surface area contributed by atoms with E-state index >= 15 is 0 Å². The Morgan fingerprint density at radius 2 is 2.12 bits per heavy atom. The quantitative estimate of drug-likeness (QED) is 0.773. The molecule has 0 aliphatic carbocycles. The van der Waals surface area contributed by atoms with E-state index in [1.807, 2.05) is 19.1 Å². The molecular weight excluding hydrogens is 202 g/mol. The summed E-state index contributed by atoms with van der Waals surface area (Å²) >= 11 is 0. The summed E-state index contributed by atoms with van der Waals surface area (Å²) in [5.41, 5.74) is 2.55. The molecule has 0 aromatic heterocycles. The number of rotatable bonds is 5. The Kier molecular flexibility index (Phi) is 4.99. The lowest BCUT2D eigenvalue weighted by atomic mass is 10.1. The molecule has 1 aromatic rings. The number of benzene rings is 1. The monoisotopic (exact) mass is 221 g/mol. The number of nitrogens with one attached hydrogen (secondary N) is 1. The predicted octanol–water partition coefficient (Wildman–Crippen LogP) is 2.04. The van der Waals surface area contributed by atoms with Crippen LogP contribution in [0.3, 0.4) is 0 Å². The Bertz CT molecular complexity index is 350. The first-order valence-corrected chi connectivity index (χ1v) is 5.52. The summed E-state index contributed by atoms with van der Waals surface area (Å²) in [4.78, 5) is 10.7. The number of carbonyl (C=O) groups excluding carboxylic acids is 1. The van der Waals surface area contributed by atoms with Gasteiger partial charge in [0.25, 0.3) is 0 Å². The van der Waals surface area contributed by atoms with E-state index in [0.29, 0.717) is 6.54 Å². The minimum Gasteiger partial charge on any atom is -0.462 e. The normalized spacial score (nSPS) is 12.2. The molecule has 0 radical (unpaired) electrons. The second-order valence-corrected chi connectivity index (χ2v) is 3.98. The lowest BCUT2D eigenvalue weighted by Gasteiger charge is -2.13. The fourth-order valence-electron chi connectivity index (χ4n) is 1.54. The van der Waals surface area contributed by atoms with Crippen molar-refractivity contribution < 1.29 is 9.53 Å². The van der Waals surface area contributed by atoms with Crippen LogP contribution in [0, 0.1) is 6.92 Å². The maximum Gasteiger partial charge on any atom is 0.302 e. The highest BCUT2D eigenvalue weighted by Gasteiger charge is 2.04. The molecule has 0 spiro atoms. The molecule has 3 nitrogen and oxygen atoms in total. The number of carbonyl (C=O) groups is 1. The van der Waals surface area contributed by atoms with E-state index in [1.165, 1.54) is 18.1 Å². The predicted molar refractivity (Wildman–Crippen MR) is 64.1 cm³/mol. The van der Waals surface area contributed by atoms with Gasteiger partial charge in [-0.25, -0.2) is 0 Å². The Labute approximate surface area is 96.8 Å². The summed E-state index contributed by atoms with van der Waals surface area (Å²) in [6.07, 6.45) is -0.0819. The van der Waals surface area contributed by atoms with Gasteiger partial charge >= 0.3 is 5.97 Å². The van der Waals surface area contributed by atoms with E-state index in [-0.39, 0.29) is 12.1 Å². The summed E-state index contributed by atoms with van der Waals surface area (Å²) in [5, 5.41) is 3.27. The van der Waals surface area contributed by atoms with Crippen molar-refractivity contribution >= 4 is 5.97 Å². The van der Waals surface area contributed by atoms with E-state index in [2.05, 4.69) is 24.4 Å². The van der Waals surface area contributed by atoms with Crippen LogP contribution in [-0.4, -0.2) is 18.6 Å². The van der Waals surface area contributed by atoms with Crippen molar-refractivity contribution in [3.05, 3.63) is 35.4 Å². The molecule has 0 amide bonds. The van der Waals surface area contributed by atoms with Gasteiger partial charge < -0.3 is 10.1 Å². The van der Waals surface area contributed by atoms with Crippen molar-refractivity contribution in [3.63, 3.8) is 0 Å². The van der Waals surface area contributed by atoms with Crippen LogP contribution in [0.1, 0.15) is 25.0 Å². The van der Waals surface area contributed by atoms with Gasteiger partial charge in [-0.1, -0.05) is 24.3 Å². The van der Waals surface area contributed by atoms with Crippen molar-refractivity contribution in [1.82, 2.24) is 5.32 Å². The largest absolute Gasteiger partial charge is 0.462 e. The highest BCUT2D eigenvalue weighted by Crippen LogP contribution is 2.06. The third kappa shape index (κ3) is 4.45. The summed E-state index contributed by atoms with van der Waals surface area (Å²) in [6.45, 7) is 6.88. The number of ether oxygens (including phenoxy) is 1. The highest BCUT2D eigenvalue weighted by atomic mass is 16.5. The summed E-state index contributed by atoms with van der Waals surface area (Å²) in [5.74, 6) is -0.231. The molecule has 0 saturated carbocycles. The third-order valence-corrected chi connectivity index (χ3v) is 2.38. The zero-order valence-corrected chi connectivity index (χ0v) is 10.1. The van der Waals surface area contributed by atoms with Gasteiger partial charge in [-0.2, -0.15) is 0 Å². The summed E-state index contributed by atoms with van der Waals surface area (Å²) in [6, 6.07) is 8.24. The number of aryl methyl sites for hydroxylation is 1. The molecule has 0 fully saturated rings. The Morgan fingerprint density at radius 1 is 1.44 bits per heavy atom. The molecule has 1 rings (SSSR count). The van der Waals surface area contributed by atoms with E-state index < -0.39 is 0 Å². The zero-order valence-electron chi connectivity index (χ0n) is 10.1. The van der Waals surface area contributed by atoms with Crippen LogP contribution in [0.4, 0.5) is 0 Å². The summed E-state index contributed by atoms with van der Waals surface area (Å²) < 4.78 is 5.02. The van der Waals surface area contributed by atoms with Crippen molar-refractivity contribution in [2.75, 3.05) is 6.54 Å². The Hall–Kier alpha value is -1.35. The highest BCUT2D eigenvalue weighted by molar-refractivity contribution is 5.66. The SMILES string of the molecule is CC(=O)OC(C)CNCc1ccccc1C. The molecule has 0 saturated heterocycles. The second-order valence-electron chi connectivity index (χ2n) is 3.98. The molecule has 1 atom stereocenters. The maximum atomic E-state index is 10.7. The number of hydrogen-bond acceptors (Lipinski definition) is 3. The standard InChI is InChI=1S/C13H19NO2/c1-10-6-4-5-7-13(10)9-14-8-11(2)16-12(3)15/h4-7,11,14H,8-9H2,1-3H3. The Morgan fingerprint density at radius 3 is 2.75 bits per heavy atom. The first-order valence-electron chi connectivity index (χ1n) is 5.52. The Balaban J connectivity index is 2.30. The molecule has 1 aromatic carbocycles. The molecule has 0 aliphatic heterocycles. The lowest BCUT2D eigenvalue weighted by molar-refractivity contribution is -0.145. The van der Waals surface area contributed by atoms with Gasteiger partial charge in [0.15, 0.2) is 0 Å². The first kappa shape index (κ1) is 12.7. The average molecular weight is 221 g/mol. The molecule has 0 heterocycles. The summed E-state index contributed by atoms with van der Waals surface area (Å²) in [7, 11) is 0. The van der Waals surface area contributed by atoms with Gasteiger partial charge in [-0.05, 0) is 25.0 Å². The molecule has 88 valence electrons. The topological polar surface area (TPSA) is 38.3 Å². The molecular formula is C13H19NO2. The van der Waals surface area contributed by atoms with Gasteiger partial charge in [0.1, 0.15) is 6.10 Å². The van der Waals surface area contributed by atoms with Crippen LogP contribution in [0.15, 0.2) is 24.3 Å². The fraction of sp³-hybridized carbons (Fsp3) is 0.462. The number of esters is 1. The molecule has 16 heavy (non-hydrogen) atoms. The van der Waals surface area contributed by atoms with E-state index in [0.717, 1.165) is 6.54 Å². The maximum absolute atomic E-state index is 10.7. The van der Waals surface area contributed by atoms with Crippen molar-refractivity contribution in [3.8, 4) is 0 Å². The zero-order chi connectivity index (χ0) is 12.0. The molecule has 3 heteroatoms. The van der Waals surface area contributed by atoms with Crippen LogP contribution in [-0.2, 0) is 16.1 Å². The van der Waals surface area contributed by atoms with Crippen molar-refractivity contribution in [1.29, 1.82) is 0 Å². The van der Waals surface area contributed by atoms with E-state index in [4.69, 9.17) is 4.74 Å². The van der Waals surface area contributed by atoms with Crippen molar-refractivity contribution in [2.24, 2.45) is 0 Å². The van der Waals surface area contributed by atoms with Crippen LogP contribution in [0.25, 0.3) is 0 Å². The van der Waals surface area contributed by atoms with Crippen LogP contribution in [0.2, 0.25) is 0 Å². The van der Waals surface area contributed by atoms with Crippen molar-refractivity contribution in [2.45, 2.75) is 33.4 Å². The lowest BCUT2D eigenvalue weighted by Crippen LogP contribution is -2.28. The fourth-order valence-corrected chi connectivity index (χ4v) is 1.54. The number of hydrogen-bond donors (Lipinski definition) is 1. The van der Waals surface area contributed by atoms with Gasteiger partial charge in [0.2, 0.25) is 0 Å². The molecule has 0 bridgehead atoms. The molecule has 1 unspecified atom stereocenters. The van der Waals surface area contributed by atoms with Crippen LogP contribution >= 0.6 is 0 Å². The van der Waals surface area contributed by atoms with Gasteiger partial charge in [0.05, 0.1) is 0 Å². The van der Waals surface area contributed by atoms with E-state index in [9.17, 15) is 4.79 Å². The second kappa shape index (κ2) is 6.28. The van der Waals surface area contributed by atoms with Crippen LogP contribution in [0.5, 0.6) is 0 Å².